The summed E-state index contributed by atoms with van der Waals surface area (Å²) in [6.07, 6.45) is 26.8. The lowest BCUT2D eigenvalue weighted by atomic mass is 9.92. The number of ether oxygens (including phenoxy) is 3. The third-order valence-electron chi connectivity index (χ3n) is 7.94. The minimum Gasteiger partial charge on any atom is -0.331 e. The Balaban J connectivity index is 4.28. The molecule has 1 unspecified atom stereocenters. The summed E-state index contributed by atoms with van der Waals surface area (Å²) in [6.45, 7) is 7.06. The van der Waals surface area contributed by atoms with Crippen molar-refractivity contribution in [2.45, 2.75) is 148 Å². The Morgan fingerprint density at radius 2 is 0.829 bits per heavy atom. The van der Waals surface area contributed by atoms with E-state index in [1.54, 1.807) is 21.3 Å². The first-order valence-corrected chi connectivity index (χ1v) is 15.4. The summed E-state index contributed by atoms with van der Waals surface area (Å²) in [5.74, 6) is -0.633. The molecule has 0 aliphatic carbocycles. The van der Waals surface area contributed by atoms with Crippen LogP contribution in [0.1, 0.15) is 142 Å². The Morgan fingerprint density at radius 3 is 1.26 bits per heavy atom. The van der Waals surface area contributed by atoms with E-state index in [1.807, 2.05) is 0 Å². The highest BCUT2D eigenvalue weighted by atomic mass is 16.9. The quantitative estimate of drug-likeness (QED) is 0.0639. The van der Waals surface area contributed by atoms with Crippen LogP contribution in [0, 0.1) is 5.92 Å². The summed E-state index contributed by atoms with van der Waals surface area (Å²) < 4.78 is 18.5. The van der Waals surface area contributed by atoms with E-state index >= 15 is 0 Å². The van der Waals surface area contributed by atoms with E-state index in [2.05, 4.69) is 27.9 Å². The molecule has 0 N–H and O–H groups in total. The molecule has 0 aromatic heterocycles. The van der Waals surface area contributed by atoms with Gasteiger partial charge in [-0.2, -0.15) is 0 Å². The number of hydrogen-bond donors (Lipinski definition) is 0. The van der Waals surface area contributed by atoms with Gasteiger partial charge in [0.25, 0.3) is 5.97 Å². The van der Waals surface area contributed by atoms with Crippen LogP contribution < -0.4 is 0 Å². The number of rotatable bonds is 27. The molecule has 0 saturated heterocycles. The van der Waals surface area contributed by atoms with Gasteiger partial charge in [-0.1, -0.05) is 110 Å². The summed E-state index contributed by atoms with van der Waals surface area (Å²) in [6, 6.07) is 0. The van der Waals surface area contributed by atoms with Crippen molar-refractivity contribution in [2.24, 2.45) is 5.92 Å². The van der Waals surface area contributed by atoms with Gasteiger partial charge in [-0.15, -0.1) is 0 Å². The summed E-state index contributed by atoms with van der Waals surface area (Å²) >= 11 is 0. The van der Waals surface area contributed by atoms with E-state index in [9.17, 15) is 0 Å². The topological polar surface area (TPSA) is 27.7 Å². The summed E-state index contributed by atoms with van der Waals surface area (Å²) in [5.41, 5.74) is 0. The van der Waals surface area contributed by atoms with E-state index in [0.29, 0.717) is 0 Å². The molecule has 35 heavy (non-hydrogen) atoms. The van der Waals surface area contributed by atoms with E-state index in [1.165, 1.54) is 129 Å². The SMILES string of the molecule is CCCCCCCCCCCC[N+](C)(C)CCCC(CCCCCCCCC)C(OC)(OC)OC. The highest BCUT2D eigenvalue weighted by Crippen LogP contribution is 2.32. The Morgan fingerprint density at radius 1 is 0.486 bits per heavy atom. The van der Waals surface area contributed by atoms with Gasteiger partial charge in [0.05, 0.1) is 27.2 Å². The number of unbranched alkanes of at least 4 members (excludes halogenated alkanes) is 15. The van der Waals surface area contributed by atoms with Crippen LogP contribution in [0.15, 0.2) is 0 Å². The molecular weight excluding hydrogens is 434 g/mol. The second-order valence-electron chi connectivity index (χ2n) is 11.5. The van der Waals surface area contributed by atoms with E-state index < -0.39 is 5.97 Å². The fourth-order valence-corrected chi connectivity index (χ4v) is 5.50. The second kappa shape index (κ2) is 23.0. The van der Waals surface area contributed by atoms with Crippen molar-refractivity contribution in [3.8, 4) is 0 Å². The average molecular weight is 501 g/mol. The van der Waals surface area contributed by atoms with Crippen LogP contribution in [0.2, 0.25) is 0 Å². The van der Waals surface area contributed by atoms with Gasteiger partial charge in [-0.3, -0.25) is 0 Å². The van der Waals surface area contributed by atoms with Gasteiger partial charge in [-0.25, -0.2) is 0 Å². The molecule has 0 rings (SSSR count). The maximum atomic E-state index is 5.78. The smallest absolute Gasteiger partial charge is 0.285 e. The van der Waals surface area contributed by atoms with Crippen LogP contribution in [0.4, 0.5) is 0 Å². The fourth-order valence-electron chi connectivity index (χ4n) is 5.50. The average Bonchev–Trinajstić information content (AvgIpc) is 2.85. The number of nitrogens with zero attached hydrogens (tertiary/aromatic N) is 1. The zero-order chi connectivity index (χ0) is 26.3. The molecule has 212 valence electrons. The van der Waals surface area contributed by atoms with Crippen LogP contribution >= 0.6 is 0 Å². The first kappa shape index (κ1) is 34.8. The van der Waals surface area contributed by atoms with Crippen molar-refractivity contribution in [1.29, 1.82) is 0 Å². The largest absolute Gasteiger partial charge is 0.331 e. The first-order valence-electron chi connectivity index (χ1n) is 15.4. The highest BCUT2D eigenvalue weighted by Gasteiger charge is 2.39. The Hall–Kier alpha value is -0.160. The lowest BCUT2D eigenvalue weighted by molar-refractivity contribution is -0.890. The number of quaternary nitrogens is 1. The lowest BCUT2D eigenvalue weighted by Gasteiger charge is -2.37. The van der Waals surface area contributed by atoms with Crippen molar-refractivity contribution >= 4 is 0 Å². The molecule has 0 saturated carbocycles. The van der Waals surface area contributed by atoms with Crippen LogP contribution in [0.5, 0.6) is 0 Å². The molecule has 0 aliphatic rings. The normalized spacial score (nSPS) is 13.5. The fraction of sp³-hybridized carbons (Fsp3) is 1.00. The Kier molecular flexibility index (Phi) is 22.9. The second-order valence-corrected chi connectivity index (χ2v) is 11.5. The molecule has 4 heteroatoms. The molecule has 0 amide bonds. The number of hydrogen-bond acceptors (Lipinski definition) is 3. The lowest BCUT2D eigenvalue weighted by Crippen LogP contribution is -2.45. The third-order valence-corrected chi connectivity index (χ3v) is 7.94. The highest BCUT2D eigenvalue weighted by molar-refractivity contribution is 4.72. The molecule has 0 fully saturated rings. The molecule has 0 radical (unpaired) electrons. The molecular formula is C31H66NO3+. The van der Waals surface area contributed by atoms with Crippen LogP contribution in [-0.2, 0) is 14.2 Å². The van der Waals surface area contributed by atoms with Crippen molar-refractivity contribution in [1.82, 2.24) is 0 Å². The third kappa shape index (κ3) is 17.8. The molecule has 0 bridgehead atoms. The van der Waals surface area contributed by atoms with E-state index in [-0.39, 0.29) is 5.92 Å². The molecule has 4 nitrogen and oxygen atoms in total. The zero-order valence-corrected chi connectivity index (χ0v) is 25.3. The van der Waals surface area contributed by atoms with Crippen molar-refractivity contribution < 1.29 is 18.7 Å². The maximum Gasteiger partial charge on any atom is 0.285 e. The number of methoxy groups -OCH3 is 3. The van der Waals surface area contributed by atoms with Crippen molar-refractivity contribution in [3.63, 3.8) is 0 Å². The van der Waals surface area contributed by atoms with E-state index in [0.717, 1.165) is 17.3 Å². The summed E-state index contributed by atoms with van der Waals surface area (Å²) in [5, 5.41) is 0. The minimum absolute atomic E-state index is 0.274. The molecule has 1 atom stereocenters. The molecule has 0 spiro atoms. The Labute approximate surface area is 221 Å². The van der Waals surface area contributed by atoms with Gasteiger partial charge in [0.2, 0.25) is 0 Å². The van der Waals surface area contributed by atoms with Crippen molar-refractivity contribution in [2.75, 3.05) is 48.5 Å². The molecule has 0 aromatic rings. The first-order chi connectivity index (χ1) is 16.9. The van der Waals surface area contributed by atoms with Crippen LogP contribution in [0.3, 0.4) is 0 Å². The Bertz CT molecular complexity index is 429. The van der Waals surface area contributed by atoms with Gasteiger partial charge < -0.3 is 18.7 Å². The predicted octanol–water partition coefficient (Wildman–Crippen LogP) is 9.11. The van der Waals surface area contributed by atoms with Gasteiger partial charge in [0.1, 0.15) is 0 Å². The predicted molar refractivity (Wildman–Crippen MR) is 153 cm³/mol. The standard InChI is InChI=1S/C31H66NO3/c1-8-10-12-14-16-17-18-20-22-24-28-32(3,4)29-25-27-30(31(33-5,34-6)35-7)26-23-21-19-15-13-11-9-2/h30H,8-29H2,1-7H3/q+1. The van der Waals surface area contributed by atoms with Crippen molar-refractivity contribution in [3.05, 3.63) is 0 Å². The molecule has 0 aliphatic heterocycles. The summed E-state index contributed by atoms with van der Waals surface area (Å²) in [4.78, 5) is 0. The maximum absolute atomic E-state index is 5.78. The molecule has 0 heterocycles. The van der Waals surface area contributed by atoms with Gasteiger partial charge in [0.15, 0.2) is 0 Å². The monoisotopic (exact) mass is 501 g/mol. The van der Waals surface area contributed by atoms with E-state index in [4.69, 9.17) is 14.2 Å². The van der Waals surface area contributed by atoms with Gasteiger partial charge in [-0.05, 0) is 32.1 Å². The van der Waals surface area contributed by atoms with Crippen LogP contribution in [-0.4, -0.2) is 59.0 Å². The molecule has 0 aromatic carbocycles. The summed E-state index contributed by atoms with van der Waals surface area (Å²) in [7, 11) is 9.95. The zero-order valence-electron chi connectivity index (χ0n) is 25.3. The van der Waals surface area contributed by atoms with Crippen LogP contribution in [0.25, 0.3) is 0 Å². The minimum atomic E-state index is -0.907. The van der Waals surface area contributed by atoms with Gasteiger partial charge >= 0.3 is 0 Å². The van der Waals surface area contributed by atoms with Gasteiger partial charge in [0, 0.05) is 27.2 Å².